The molecule has 21 heavy (non-hydrogen) atoms. The molecule has 0 aliphatic carbocycles. The third kappa shape index (κ3) is 3.32. The smallest absolute Gasteiger partial charge is 0.0905 e. The van der Waals surface area contributed by atoms with Gasteiger partial charge in [0.2, 0.25) is 0 Å². The van der Waals surface area contributed by atoms with Crippen molar-refractivity contribution in [2.75, 3.05) is 30.0 Å². The SMILES string of the molecule is CS(=N)(=O)CC1CCN(c2ccnc3cnccc23)CC1. The predicted molar refractivity (Wildman–Crippen MR) is 86.1 cm³/mol. The minimum atomic E-state index is -2.38. The number of hydrogen-bond donors (Lipinski definition) is 1. The molecule has 1 N–H and O–H groups in total. The van der Waals surface area contributed by atoms with Crippen molar-refractivity contribution in [1.29, 1.82) is 4.78 Å². The highest BCUT2D eigenvalue weighted by Gasteiger charge is 2.22. The van der Waals surface area contributed by atoms with Gasteiger partial charge in [0.1, 0.15) is 0 Å². The number of hydrogen-bond acceptors (Lipinski definition) is 5. The molecule has 0 bridgehead atoms. The van der Waals surface area contributed by atoms with E-state index in [0.717, 1.165) is 36.8 Å². The van der Waals surface area contributed by atoms with Gasteiger partial charge < -0.3 is 4.90 Å². The lowest BCUT2D eigenvalue weighted by Gasteiger charge is -2.34. The van der Waals surface area contributed by atoms with Crippen molar-refractivity contribution < 1.29 is 4.21 Å². The van der Waals surface area contributed by atoms with Crippen molar-refractivity contribution in [1.82, 2.24) is 9.97 Å². The Balaban J connectivity index is 1.77. The molecule has 1 unspecified atom stereocenters. The average molecular weight is 304 g/mol. The number of anilines is 1. The predicted octanol–water partition coefficient (Wildman–Crippen LogP) is 2.52. The minimum Gasteiger partial charge on any atom is -0.371 e. The van der Waals surface area contributed by atoms with Crippen LogP contribution in [-0.2, 0) is 9.73 Å². The maximum Gasteiger partial charge on any atom is 0.0905 e. The van der Waals surface area contributed by atoms with Crippen molar-refractivity contribution in [3.05, 3.63) is 30.7 Å². The third-order valence-corrected chi connectivity index (χ3v) is 5.14. The van der Waals surface area contributed by atoms with Crippen molar-refractivity contribution in [2.24, 2.45) is 5.92 Å². The summed E-state index contributed by atoms with van der Waals surface area (Å²) in [6.45, 7) is 1.89. The molecule has 0 aromatic carbocycles. The second-order valence-corrected chi connectivity index (χ2v) is 8.17. The van der Waals surface area contributed by atoms with Crippen LogP contribution in [0.1, 0.15) is 12.8 Å². The number of pyridine rings is 2. The number of nitrogens with zero attached hydrogens (tertiary/aromatic N) is 3. The molecule has 0 spiro atoms. The van der Waals surface area contributed by atoms with Crippen LogP contribution >= 0.6 is 0 Å². The molecule has 3 rings (SSSR count). The van der Waals surface area contributed by atoms with Gasteiger partial charge >= 0.3 is 0 Å². The molecule has 2 aromatic rings. The summed E-state index contributed by atoms with van der Waals surface area (Å²) in [5.41, 5.74) is 2.11. The Labute approximate surface area is 125 Å². The van der Waals surface area contributed by atoms with E-state index in [1.807, 2.05) is 12.3 Å². The Bertz CT molecular complexity index is 731. The fourth-order valence-corrected chi connectivity index (χ4v) is 4.28. The van der Waals surface area contributed by atoms with Gasteiger partial charge in [-0.15, -0.1) is 0 Å². The lowest BCUT2D eigenvalue weighted by molar-refractivity contribution is 0.441. The van der Waals surface area contributed by atoms with Gasteiger partial charge in [0.15, 0.2) is 0 Å². The molecular formula is C15H20N4OS. The lowest BCUT2D eigenvalue weighted by Crippen LogP contribution is -2.35. The molecule has 1 fully saturated rings. The maximum atomic E-state index is 11.6. The van der Waals surface area contributed by atoms with E-state index >= 15 is 0 Å². The van der Waals surface area contributed by atoms with E-state index in [4.69, 9.17) is 4.78 Å². The van der Waals surface area contributed by atoms with Crippen molar-refractivity contribution >= 4 is 26.3 Å². The zero-order chi connectivity index (χ0) is 14.9. The summed E-state index contributed by atoms with van der Waals surface area (Å²) in [5, 5.41) is 1.13. The van der Waals surface area contributed by atoms with Crippen LogP contribution in [0.15, 0.2) is 30.7 Å². The van der Waals surface area contributed by atoms with Crippen LogP contribution in [-0.4, -0.2) is 39.3 Å². The molecule has 0 saturated carbocycles. The molecule has 1 aliphatic rings. The fourth-order valence-electron chi connectivity index (χ4n) is 3.05. The molecule has 2 aromatic heterocycles. The van der Waals surface area contributed by atoms with Crippen molar-refractivity contribution in [3.63, 3.8) is 0 Å². The third-order valence-electron chi connectivity index (χ3n) is 4.03. The quantitative estimate of drug-likeness (QED) is 0.946. The first-order valence-electron chi connectivity index (χ1n) is 7.18. The normalized spacial score (nSPS) is 19.6. The summed E-state index contributed by atoms with van der Waals surface area (Å²) in [5.74, 6) is 0.938. The van der Waals surface area contributed by atoms with Gasteiger partial charge in [0.05, 0.1) is 11.7 Å². The summed E-state index contributed by atoms with van der Waals surface area (Å²) >= 11 is 0. The van der Waals surface area contributed by atoms with Gasteiger partial charge in [0, 0.05) is 58.3 Å². The summed E-state index contributed by atoms with van der Waals surface area (Å²) < 4.78 is 19.2. The highest BCUT2D eigenvalue weighted by atomic mass is 32.2. The van der Waals surface area contributed by atoms with Crippen LogP contribution in [0.5, 0.6) is 0 Å². The van der Waals surface area contributed by atoms with E-state index in [2.05, 4.69) is 20.9 Å². The highest BCUT2D eigenvalue weighted by molar-refractivity contribution is 7.91. The van der Waals surface area contributed by atoms with Gasteiger partial charge in [-0.2, -0.15) is 0 Å². The van der Waals surface area contributed by atoms with Gasteiger partial charge in [0.25, 0.3) is 0 Å². The number of aromatic nitrogens is 2. The Kier molecular flexibility index (Phi) is 3.80. The van der Waals surface area contributed by atoms with Crippen LogP contribution in [0.25, 0.3) is 10.9 Å². The van der Waals surface area contributed by atoms with E-state index < -0.39 is 9.73 Å². The van der Waals surface area contributed by atoms with E-state index in [1.165, 1.54) is 5.69 Å². The molecule has 3 heterocycles. The number of nitrogens with one attached hydrogen (secondary N) is 1. The van der Waals surface area contributed by atoms with Crippen LogP contribution in [0.4, 0.5) is 5.69 Å². The van der Waals surface area contributed by atoms with Gasteiger partial charge in [-0.1, -0.05) is 0 Å². The maximum absolute atomic E-state index is 11.6. The number of rotatable bonds is 3. The Morgan fingerprint density at radius 1 is 1.33 bits per heavy atom. The molecular weight excluding hydrogens is 284 g/mol. The molecule has 0 amide bonds. The molecule has 6 heteroatoms. The van der Waals surface area contributed by atoms with Crippen molar-refractivity contribution in [3.8, 4) is 0 Å². The van der Waals surface area contributed by atoms with Crippen LogP contribution in [0, 0.1) is 10.7 Å². The number of piperidine rings is 1. The Morgan fingerprint density at radius 3 is 2.81 bits per heavy atom. The van der Waals surface area contributed by atoms with Crippen LogP contribution in [0.3, 0.4) is 0 Å². The zero-order valence-electron chi connectivity index (χ0n) is 12.2. The van der Waals surface area contributed by atoms with Gasteiger partial charge in [-0.25, -0.2) is 0 Å². The van der Waals surface area contributed by atoms with E-state index in [-0.39, 0.29) is 0 Å². The van der Waals surface area contributed by atoms with Gasteiger partial charge in [-0.3, -0.25) is 19.0 Å². The molecule has 5 nitrogen and oxygen atoms in total. The average Bonchev–Trinajstić information content (AvgIpc) is 2.46. The first-order chi connectivity index (χ1) is 10.0. The topological polar surface area (TPSA) is 69.9 Å². The monoisotopic (exact) mass is 304 g/mol. The minimum absolute atomic E-state index is 0.408. The van der Waals surface area contributed by atoms with Gasteiger partial charge in [-0.05, 0) is 30.9 Å². The molecule has 1 atom stereocenters. The molecule has 112 valence electrons. The Hall–Kier alpha value is -1.69. The number of fused-ring (bicyclic) bond motifs is 1. The van der Waals surface area contributed by atoms with Crippen molar-refractivity contribution in [2.45, 2.75) is 12.8 Å². The first kappa shape index (κ1) is 14.3. The molecule has 1 aliphatic heterocycles. The largest absolute Gasteiger partial charge is 0.371 e. The fraction of sp³-hybridized carbons (Fsp3) is 0.467. The summed E-state index contributed by atoms with van der Waals surface area (Å²) in [6.07, 6.45) is 8.96. The van der Waals surface area contributed by atoms with Crippen LogP contribution in [0.2, 0.25) is 0 Å². The first-order valence-corrected chi connectivity index (χ1v) is 9.31. The zero-order valence-corrected chi connectivity index (χ0v) is 13.0. The molecule has 1 saturated heterocycles. The summed E-state index contributed by atoms with van der Waals surface area (Å²) in [4.78, 5) is 10.8. The lowest BCUT2D eigenvalue weighted by atomic mass is 9.98. The van der Waals surface area contributed by atoms with E-state index in [9.17, 15) is 4.21 Å². The second kappa shape index (κ2) is 5.60. The van der Waals surface area contributed by atoms with Crippen LogP contribution < -0.4 is 4.90 Å². The molecule has 0 radical (unpaired) electrons. The summed E-state index contributed by atoms with van der Waals surface area (Å²) in [6, 6.07) is 4.06. The second-order valence-electron chi connectivity index (χ2n) is 5.82. The van der Waals surface area contributed by atoms with E-state index in [0.29, 0.717) is 11.7 Å². The Morgan fingerprint density at radius 2 is 2.10 bits per heavy atom. The van der Waals surface area contributed by atoms with E-state index in [1.54, 1.807) is 18.6 Å². The summed E-state index contributed by atoms with van der Waals surface area (Å²) in [7, 11) is -2.38. The highest BCUT2D eigenvalue weighted by Crippen LogP contribution is 2.29. The standard InChI is InChI=1S/C15H20N4OS/c1-21(16,20)11-12-4-8-19(9-5-12)15-3-7-18-14-10-17-6-2-13(14)15/h2-3,6-7,10,12,16H,4-5,8-9,11H2,1H3.